The number of carboxylic acids is 1. The van der Waals surface area contributed by atoms with Crippen LogP contribution in [0.2, 0.25) is 0 Å². The van der Waals surface area contributed by atoms with Gasteiger partial charge in [-0.2, -0.15) is 0 Å². The number of fused-ring (bicyclic) bond motifs is 3. The summed E-state index contributed by atoms with van der Waals surface area (Å²) in [6.07, 6.45) is 0.194. The van der Waals surface area contributed by atoms with Crippen LogP contribution in [-0.2, 0) is 14.3 Å². The van der Waals surface area contributed by atoms with Crippen molar-refractivity contribution in [2.24, 2.45) is 11.3 Å². The molecule has 0 aliphatic heterocycles. The van der Waals surface area contributed by atoms with Gasteiger partial charge in [-0.05, 0) is 33.6 Å². The molecule has 35 heavy (non-hydrogen) atoms. The molecule has 188 valence electrons. The van der Waals surface area contributed by atoms with Crippen molar-refractivity contribution in [1.82, 2.24) is 10.6 Å². The van der Waals surface area contributed by atoms with Crippen LogP contribution < -0.4 is 10.6 Å². The van der Waals surface area contributed by atoms with Gasteiger partial charge in [0.1, 0.15) is 6.61 Å². The Morgan fingerprint density at radius 1 is 0.971 bits per heavy atom. The maximum absolute atomic E-state index is 12.8. The highest BCUT2D eigenvalue weighted by atomic mass is 16.5. The Balaban J connectivity index is 1.59. The van der Waals surface area contributed by atoms with E-state index in [0.29, 0.717) is 13.0 Å². The lowest BCUT2D eigenvalue weighted by molar-refractivity contribution is -0.138. The number of amides is 2. The maximum Gasteiger partial charge on any atom is 0.407 e. The third-order valence-electron chi connectivity index (χ3n) is 6.70. The molecular weight excluding hydrogens is 444 g/mol. The normalized spacial score (nSPS) is 14.4. The van der Waals surface area contributed by atoms with Gasteiger partial charge in [-0.15, -0.1) is 0 Å². The summed E-state index contributed by atoms with van der Waals surface area (Å²) in [6.45, 7) is 8.26. The Labute approximate surface area is 207 Å². The molecule has 3 rings (SSSR count). The molecule has 0 bridgehead atoms. The molecule has 2 unspecified atom stereocenters. The number of ether oxygens (including phenoxy) is 1. The molecule has 1 aliphatic carbocycles. The van der Waals surface area contributed by atoms with E-state index in [9.17, 15) is 14.4 Å². The summed E-state index contributed by atoms with van der Waals surface area (Å²) in [5.41, 5.74) is 4.22. The zero-order valence-corrected chi connectivity index (χ0v) is 21.0. The second kappa shape index (κ2) is 11.4. The van der Waals surface area contributed by atoms with Gasteiger partial charge in [-0.3, -0.25) is 9.59 Å². The minimum absolute atomic E-state index is 0.0114. The van der Waals surface area contributed by atoms with E-state index in [2.05, 4.69) is 34.9 Å². The van der Waals surface area contributed by atoms with E-state index in [1.807, 2.05) is 52.0 Å². The molecule has 0 saturated heterocycles. The van der Waals surface area contributed by atoms with Crippen LogP contribution >= 0.6 is 0 Å². The minimum Gasteiger partial charge on any atom is -0.481 e. The van der Waals surface area contributed by atoms with Crippen LogP contribution in [0.1, 0.15) is 64.0 Å². The highest BCUT2D eigenvalue weighted by Gasteiger charge is 2.32. The zero-order valence-electron chi connectivity index (χ0n) is 21.0. The molecule has 0 fully saturated rings. The van der Waals surface area contributed by atoms with Crippen LogP contribution in [0.25, 0.3) is 11.1 Å². The van der Waals surface area contributed by atoms with Crippen LogP contribution in [-0.4, -0.2) is 42.3 Å². The van der Waals surface area contributed by atoms with E-state index in [1.54, 1.807) is 0 Å². The summed E-state index contributed by atoms with van der Waals surface area (Å²) in [6, 6.07) is 15.9. The molecule has 2 amide bonds. The Kier molecular flexibility index (Phi) is 8.54. The second-order valence-electron chi connectivity index (χ2n) is 10.3. The Hall–Kier alpha value is -3.35. The number of aliphatic carboxylic acids is 1. The fourth-order valence-corrected chi connectivity index (χ4v) is 4.48. The van der Waals surface area contributed by atoms with E-state index >= 15 is 0 Å². The lowest BCUT2D eigenvalue weighted by atomic mass is 9.84. The van der Waals surface area contributed by atoms with Crippen LogP contribution in [0.5, 0.6) is 0 Å². The number of carboxylic acid groups (broad SMARTS) is 1. The van der Waals surface area contributed by atoms with Gasteiger partial charge in [0.05, 0.1) is 0 Å². The quantitative estimate of drug-likeness (QED) is 0.446. The first-order valence-corrected chi connectivity index (χ1v) is 12.2. The lowest BCUT2D eigenvalue weighted by Gasteiger charge is -2.31. The SMILES string of the molecule is CCC(CNC(=O)CC(NC(=O)OCC1c2ccccc2-c2ccccc21)C(C)(C)C)CC(=O)O. The number of alkyl carbamates (subject to hydrolysis) is 1. The first kappa shape index (κ1) is 26.3. The van der Waals surface area contributed by atoms with Crippen LogP contribution in [0.4, 0.5) is 4.79 Å². The highest BCUT2D eigenvalue weighted by Crippen LogP contribution is 2.44. The third-order valence-corrected chi connectivity index (χ3v) is 6.70. The molecule has 7 nitrogen and oxygen atoms in total. The number of benzene rings is 2. The van der Waals surface area contributed by atoms with Gasteiger partial charge in [0, 0.05) is 31.3 Å². The van der Waals surface area contributed by atoms with Gasteiger partial charge in [-0.25, -0.2) is 4.79 Å². The molecule has 0 saturated carbocycles. The molecule has 0 aromatic heterocycles. The maximum atomic E-state index is 12.8. The van der Waals surface area contributed by atoms with Gasteiger partial charge in [0.2, 0.25) is 5.91 Å². The van der Waals surface area contributed by atoms with E-state index in [1.165, 1.54) is 0 Å². The molecule has 2 atom stereocenters. The minimum atomic E-state index is -0.879. The predicted octanol–water partition coefficient (Wildman–Crippen LogP) is 4.95. The van der Waals surface area contributed by atoms with Gasteiger partial charge >= 0.3 is 12.1 Å². The Bertz CT molecular complexity index is 1010. The van der Waals surface area contributed by atoms with Crippen molar-refractivity contribution in [2.75, 3.05) is 13.2 Å². The first-order valence-electron chi connectivity index (χ1n) is 12.2. The molecule has 0 heterocycles. The van der Waals surface area contributed by atoms with Crippen LogP contribution in [0, 0.1) is 11.3 Å². The topological polar surface area (TPSA) is 105 Å². The fraction of sp³-hybridized carbons (Fsp3) is 0.464. The predicted molar refractivity (Wildman–Crippen MR) is 135 cm³/mol. The zero-order chi connectivity index (χ0) is 25.6. The second-order valence-corrected chi connectivity index (χ2v) is 10.3. The molecule has 2 aromatic rings. The standard InChI is InChI=1S/C28H36N2O5/c1-5-18(14-26(32)33)16-29-25(31)15-24(28(2,3)4)30-27(34)35-17-23-21-12-8-6-10-19(21)20-11-7-9-13-22(20)23/h6-13,18,23-24H,5,14-17H2,1-4H3,(H,29,31)(H,30,34)(H,32,33). The summed E-state index contributed by atoms with van der Waals surface area (Å²) in [7, 11) is 0. The van der Waals surface area contributed by atoms with Crippen molar-refractivity contribution < 1.29 is 24.2 Å². The summed E-state index contributed by atoms with van der Waals surface area (Å²) in [4.78, 5) is 36.3. The average Bonchev–Trinajstić information content (AvgIpc) is 3.13. The van der Waals surface area contributed by atoms with Gasteiger partial charge in [0.25, 0.3) is 0 Å². The molecule has 3 N–H and O–H groups in total. The summed E-state index contributed by atoms with van der Waals surface area (Å²) < 4.78 is 5.66. The van der Waals surface area contributed by atoms with E-state index in [4.69, 9.17) is 9.84 Å². The molecule has 2 aromatic carbocycles. The average molecular weight is 481 g/mol. The molecule has 1 aliphatic rings. The van der Waals surface area contributed by atoms with Crippen molar-refractivity contribution in [3.63, 3.8) is 0 Å². The van der Waals surface area contributed by atoms with Gasteiger partial charge in [0.15, 0.2) is 0 Å². The number of nitrogens with one attached hydrogen (secondary N) is 2. The largest absolute Gasteiger partial charge is 0.481 e. The Morgan fingerprint density at radius 3 is 2.06 bits per heavy atom. The summed E-state index contributed by atoms with van der Waals surface area (Å²) in [5, 5.41) is 14.7. The van der Waals surface area contributed by atoms with Crippen molar-refractivity contribution >= 4 is 18.0 Å². The van der Waals surface area contributed by atoms with Crippen LogP contribution in [0.15, 0.2) is 48.5 Å². The van der Waals surface area contributed by atoms with E-state index < -0.39 is 18.1 Å². The van der Waals surface area contributed by atoms with E-state index in [0.717, 1.165) is 22.3 Å². The molecular formula is C28H36N2O5. The number of carbonyl (C=O) groups excluding carboxylic acids is 2. The van der Waals surface area contributed by atoms with Crippen molar-refractivity contribution in [2.45, 2.75) is 58.9 Å². The van der Waals surface area contributed by atoms with Crippen molar-refractivity contribution in [3.8, 4) is 11.1 Å². The van der Waals surface area contributed by atoms with Crippen LogP contribution in [0.3, 0.4) is 0 Å². The number of rotatable bonds is 10. The molecule has 7 heteroatoms. The van der Waals surface area contributed by atoms with E-state index in [-0.39, 0.29) is 42.6 Å². The monoisotopic (exact) mass is 480 g/mol. The first-order chi connectivity index (χ1) is 16.6. The fourth-order valence-electron chi connectivity index (χ4n) is 4.48. The smallest absolute Gasteiger partial charge is 0.407 e. The van der Waals surface area contributed by atoms with Crippen molar-refractivity contribution in [1.29, 1.82) is 0 Å². The number of carbonyl (C=O) groups is 3. The number of hydrogen-bond acceptors (Lipinski definition) is 4. The number of hydrogen-bond donors (Lipinski definition) is 3. The summed E-state index contributed by atoms with van der Waals surface area (Å²) >= 11 is 0. The molecule has 0 radical (unpaired) electrons. The van der Waals surface area contributed by atoms with Crippen molar-refractivity contribution in [3.05, 3.63) is 59.7 Å². The highest BCUT2D eigenvalue weighted by molar-refractivity contribution is 5.79. The van der Waals surface area contributed by atoms with Gasteiger partial charge in [-0.1, -0.05) is 82.6 Å². The van der Waals surface area contributed by atoms with Gasteiger partial charge < -0.3 is 20.5 Å². The Morgan fingerprint density at radius 2 is 1.54 bits per heavy atom. The lowest BCUT2D eigenvalue weighted by Crippen LogP contribution is -2.47. The third kappa shape index (κ3) is 6.84. The molecule has 0 spiro atoms. The summed E-state index contributed by atoms with van der Waals surface area (Å²) in [5.74, 6) is -1.27.